The Morgan fingerprint density at radius 1 is 1.20 bits per heavy atom. The summed E-state index contributed by atoms with van der Waals surface area (Å²) in [6.07, 6.45) is 11.5. The largest absolute Gasteiger partial charge is 0.382 e. The summed E-state index contributed by atoms with van der Waals surface area (Å²) in [6, 6.07) is 10.3. The van der Waals surface area contributed by atoms with Crippen LogP contribution < -0.4 is 11.1 Å². The number of amidine groups is 1. The molecule has 0 saturated carbocycles. The van der Waals surface area contributed by atoms with Gasteiger partial charge in [-0.25, -0.2) is 4.99 Å². The Morgan fingerprint density at radius 2 is 1.98 bits per heavy atom. The average molecular weight is 542 g/mol. The fraction of sp³-hybridized carbons (Fsp3) is 0.310. The molecule has 1 saturated heterocycles. The van der Waals surface area contributed by atoms with E-state index in [1.165, 1.54) is 6.20 Å². The van der Waals surface area contributed by atoms with Crippen molar-refractivity contribution in [3.8, 4) is 0 Å². The number of nitrogens with two attached hydrogens (primary N) is 1. The van der Waals surface area contributed by atoms with E-state index in [2.05, 4.69) is 32.2 Å². The number of likely N-dealkylation sites (N-methyl/N-ethyl adjacent to an activating group) is 1. The van der Waals surface area contributed by atoms with E-state index in [1.807, 2.05) is 41.1 Å². The van der Waals surface area contributed by atoms with E-state index in [9.17, 15) is 9.59 Å². The van der Waals surface area contributed by atoms with Crippen LogP contribution in [0.5, 0.6) is 0 Å². The first-order valence-corrected chi connectivity index (χ1v) is 13.2. The molecule has 40 heavy (non-hydrogen) atoms. The molecule has 0 radical (unpaired) electrons. The Hall–Kier alpha value is -4.64. The van der Waals surface area contributed by atoms with Crippen molar-refractivity contribution in [2.75, 3.05) is 39.0 Å². The Bertz CT molecular complexity index is 1330. The van der Waals surface area contributed by atoms with Crippen molar-refractivity contribution in [2.24, 2.45) is 15.7 Å². The number of likely N-dealkylation sites (tertiary alicyclic amines) is 1. The van der Waals surface area contributed by atoms with E-state index in [4.69, 9.17) is 5.73 Å². The van der Waals surface area contributed by atoms with Crippen molar-refractivity contribution in [3.05, 3.63) is 84.0 Å². The molecular formula is C29H35N9O2. The molecule has 1 unspecified atom stereocenters. The number of carbonyl (C=O) groups is 2. The summed E-state index contributed by atoms with van der Waals surface area (Å²) in [5.41, 5.74) is 8.69. The monoisotopic (exact) mass is 541 g/mol. The van der Waals surface area contributed by atoms with Gasteiger partial charge in [-0.2, -0.15) is 5.10 Å². The van der Waals surface area contributed by atoms with Gasteiger partial charge < -0.3 is 25.8 Å². The summed E-state index contributed by atoms with van der Waals surface area (Å²) < 4.78 is 0. The molecule has 0 aliphatic carbocycles. The minimum atomic E-state index is -0.308. The number of rotatable bonds is 9. The first-order valence-electron chi connectivity index (χ1n) is 13.2. The smallest absolute Gasteiger partial charge is 0.256 e. The third-order valence-electron chi connectivity index (χ3n) is 6.66. The zero-order valence-electron chi connectivity index (χ0n) is 22.9. The molecule has 1 aromatic carbocycles. The normalized spacial score (nSPS) is 18.6. The van der Waals surface area contributed by atoms with Crippen LogP contribution in [0.3, 0.4) is 0 Å². The Kier molecular flexibility index (Phi) is 9.53. The first kappa shape index (κ1) is 28.4. The topological polar surface area (TPSA) is 132 Å². The Labute approximate surface area is 234 Å². The molecule has 1 aromatic heterocycles. The molecule has 2 aliphatic rings. The molecule has 2 amide bonds. The molecule has 0 spiro atoms. The highest BCUT2D eigenvalue weighted by Crippen LogP contribution is 2.28. The molecule has 0 bridgehead atoms. The summed E-state index contributed by atoms with van der Waals surface area (Å²) in [5.74, 6) is 0.369. The fourth-order valence-electron chi connectivity index (χ4n) is 4.69. The van der Waals surface area contributed by atoms with Crippen LogP contribution in [-0.4, -0.2) is 89.0 Å². The third kappa shape index (κ3) is 7.06. The van der Waals surface area contributed by atoms with Crippen LogP contribution in [0.2, 0.25) is 0 Å². The predicted molar refractivity (Wildman–Crippen MR) is 157 cm³/mol. The highest BCUT2D eigenvalue weighted by Gasteiger charge is 2.30. The molecule has 1 fully saturated rings. The summed E-state index contributed by atoms with van der Waals surface area (Å²) in [7, 11) is 3.93. The molecule has 3 heterocycles. The second kappa shape index (κ2) is 13.4. The van der Waals surface area contributed by atoms with Crippen molar-refractivity contribution in [3.63, 3.8) is 0 Å². The van der Waals surface area contributed by atoms with Gasteiger partial charge in [0.2, 0.25) is 5.91 Å². The number of carbonyl (C=O) groups excluding carboxylic acids is 2. The summed E-state index contributed by atoms with van der Waals surface area (Å²) in [4.78, 5) is 40.2. The molecule has 11 nitrogen and oxygen atoms in total. The van der Waals surface area contributed by atoms with Gasteiger partial charge >= 0.3 is 0 Å². The van der Waals surface area contributed by atoms with E-state index in [-0.39, 0.29) is 17.9 Å². The molecular weight excluding hydrogens is 506 g/mol. The number of amides is 2. The number of aromatic nitrogens is 2. The average Bonchev–Trinajstić information content (AvgIpc) is 2.95. The van der Waals surface area contributed by atoms with E-state index >= 15 is 0 Å². The molecule has 3 N–H and O–H groups in total. The lowest BCUT2D eigenvalue weighted by Crippen LogP contribution is -2.49. The lowest BCUT2D eigenvalue weighted by atomic mass is 10.00. The fourth-order valence-corrected chi connectivity index (χ4v) is 4.69. The highest BCUT2D eigenvalue weighted by atomic mass is 16.2. The molecule has 1 atom stereocenters. The van der Waals surface area contributed by atoms with Gasteiger partial charge in [-0.15, -0.1) is 5.10 Å². The minimum absolute atomic E-state index is 0.00553. The summed E-state index contributed by atoms with van der Waals surface area (Å²) >= 11 is 0. The predicted octanol–water partition coefficient (Wildman–Crippen LogP) is 2.74. The first-order chi connectivity index (χ1) is 19.4. The summed E-state index contributed by atoms with van der Waals surface area (Å²) in [5, 5.41) is 10.4. The van der Waals surface area contributed by atoms with Gasteiger partial charge in [0.1, 0.15) is 11.5 Å². The molecule has 4 rings (SSSR count). The third-order valence-corrected chi connectivity index (χ3v) is 6.66. The van der Waals surface area contributed by atoms with Crippen LogP contribution in [0.15, 0.2) is 82.8 Å². The van der Waals surface area contributed by atoms with Gasteiger partial charge in [0.25, 0.3) is 5.91 Å². The summed E-state index contributed by atoms with van der Waals surface area (Å²) in [6.45, 7) is 5.74. The van der Waals surface area contributed by atoms with Gasteiger partial charge in [-0.05, 0) is 64.3 Å². The number of benzene rings is 1. The number of piperidine rings is 1. The van der Waals surface area contributed by atoms with Crippen molar-refractivity contribution < 1.29 is 9.59 Å². The molecule has 11 heteroatoms. The number of hydrogen-bond donors (Lipinski definition) is 2. The maximum atomic E-state index is 13.0. The maximum absolute atomic E-state index is 13.0. The van der Waals surface area contributed by atoms with Crippen LogP contribution in [0.1, 0.15) is 35.2 Å². The molecule has 2 aromatic rings. The highest BCUT2D eigenvalue weighted by molar-refractivity contribution is 6.06. The zero-order chi connectivity index (χ0) is 28.5. The second-order valence-corrected chi connectivity index (χ2v) is 9.81. The van der Waals surface area contributed by atoms with Gasteiger partial charge in [0, 0.05) is 61.5 Å². The quantitative estimate of drug-likeness (QED) is 0.368. The number of nitrogens with zero attached hydrogens (tertiary/aromatic N) is 7. The van der Waals surface area contributed by atoms with Crippen molar-refractivity contribution in [2.45, 2.75) is 25.3 Å². The van der Waals surface area contributed by atoms with Crippen molar-refractivity contribution in [1.29, 1.82) is 0 Å². The number of anilines is 1. The Morgan fingerprint density at radius 3 is 2.67 bits per heavy atom. The van der Waals surface area contributed by atoms with E-state index in [0.29, 0.717) is 48.2 Å². The zero-order valence-corrected chi connectivity index (χ0v) is 22.9. The lowest BCUT2D eigenvalue weighted by molar-refractivity contribution is -0.129. The van der Waals surface area contributed by atoms with Gasteiger partial charge in [-0.1, -0.05) is 18.2 Å². The SMILES string of the molecule is C=N/C(=C1/C(N)=NC=CN1CC1CCCCN1C(=O)/C=C/CN(C)C)c1ccc(C(=O)Nc2cccnn2)cc1. The number of nitrogens with one attached hydrogen (secondary N) is 1. The molecule has 2 aliphatic heterocycles. The van der Waals surface area contributed by atoms with E-state index in [0.717, 1.165) is 24.8 Å². The standard InChI is InChI=1S/C29H35N9O2/c1-31-26(21-11-13-22(14-12-21)29(40)34-24-9-6-15-33-35-24)27-28(30)32-16-19-37(27)20-23-8-4-5-18-38(23)25(39)10-7-17-36(2)3/h6-7,9-16,19,23H,1,4-5,8,17-18,20H2,2-3H3,(H2,30,32)(H,34,35,40)/b10-7+,27-26-. The van der Waals surface area contributed by atoms with Crippen LogP contribution >= 0.6 is 0 Å². The maximum Gasteiger partial charge on any atom is 0.256 e. The lowest BCUT2D eigenvalue weighted by Gasteiger charge is -2.39. The number of aliphatic imine (C=N–C) groups is 2. The van der Waals surface area contributed by atoms with Gasteiger partial charge in [0.15, 0.2) is 5.82 Å². The minimum Gasteiger partial charge on any atom is -0.382 e. The van der Waals surface area contributed by atoms with Crippen LogP contribution in [0.25, 0.3) is 5.70 Å². The molecule has 208 valence electrons. The van der Waals surface area contributed by atoms with Crippen LogP contribution in [0.4, 0.5) is 5.82 Å². The van der Waals surface area contributed by atoms with Crippen LogP contribution in [0, 0.1) is 0 Å². The van der Waals surface area contributed by atoms with Gasteiger partial charge in [0.05, 0.1) is 5.70 Å². The van der Waals surface area contributed by atoms with Crippen molar-refractivity contribution in [1.82, 2.24) is 24.9 Å². The van der Waals surface area contributed by atoms with E-state index in [1.54, 1.807) is 48.7 Å². The van der Waals surface area contributed by atoms with Crippen LogP contribution in [-0.2, 0) is 4.79 Å². The Balaban J connectivity index is 1.56. The van der Waals surface area contributed by atoms with Crippen molar-refractivity contribution >= 4 is 35.9 Å². The van der Waals surface area contributed by atoms with E-state index < -0.39 is 0 Å². The second-order valence-electron chi connectivity index (χ2n) is 9.81. The number of hydrogen-bond acceptors (Lipinski definition) is 9. The van der Waals surface area contributed by atoms with Gasteiger partial charge in [-0.3, -0.25) is 14.6 Å².